The number of aromatic nitrogens is 2. The van der Waals surface area contributed by atoms with Crippen molar-refractivity contribution in [2.24, 2.45) is 0 Å². The lowest BCUT2D eigenvalue weighted by atomic mass is 10.2. The standard InChI is InChI=1S/C15H17N5O/c1-4-17-14-10(2)15(19-9-18-14)20-12-6-5-11(8-16)7-13(12)21-3/h5-7,9H,4H2,1-3H3,(H2,17,18,19,20). The Kier molecular flexibility index (Phi) is 4.57. The van der Waals surface area contributed by atoms with Crippen molar-refractivity contribution in [2.45, 2.75) is 13.8 Å². The van der Waals surface area contributed by atoms with E-state index in [1.807, 2.05) is 13.8 Å². The Hall–Kier alpha value is -2.81. The highest BCUT2D eigenvalue weighted by Crippen LogP contribution is 2.30. The largest absolute Gasteiger partial charge is 0.495 e. The average molecular weight is 283 g/mol. The monoisotopic (exact) mass is 283 g/mol. The summed E-state index contributed by atoms with van der Waals surface area (Å²) in [4.78, 5) is 8.46. The Morgan fingerprint density at radius 2 is 2.05 bits per heavy atom. The fourth-order valence-corrected chi connectivity index (χ4v) is 1.91. The minimum atomic E-state index is 0.546. The van der Waals surface area contributed by atoms with Crippen molar-refractivity contribution in [3.05, 3.63) is 35.7 Å². The van der Waals surface area contributed by atoms with E-state index in [-0.39, 0.29) is 0 Å². The van der Waals surface area contributed by atoms with Gasteiger partial charge in [0.15, 0.2) is 0 Å². The minimum absolute atomic E-state index is 0.546. The molecule has 1 aromatic carbocycles. The van der Waals surface area contributed by atoms with Gasteiger partial charge in [0.05, 0.1) is 24.4 Å². The van der Waals surface area contributed by atoms with Crippen LogP contribution in [0, 0.1) is 18.3 Å². The van der Waals surface area contributed by atoms with Crippen molar-refractivity contribution in [3.63, 3.8) is 0 Å². The van der Waals surface area contributed by atoms with Gasteiger partial charge >= 0.3 is 0 Å². The van der Waals surface area contributed by atoms with Gasteiger partial charge in [-0.15, -0.1) is 0 Å². The molecule has 6 nitrogen and oxygen atoms in total. The van der Waals surface area contributed by atoms with Crippen LogP contribution in [-0.2, 0) is 0 Å². The summed E-state index contributed by atoms with van der Waals surface area (Å²) in [5.74, 6) is 2.09. The van der Waals surface area contributed by atoms with E-state index < -0.39 is 0 Å². The van der Waals surface area contributed by atoms with Crippen molar-refractivity contribution in [2.75, 3.05) is 24.3 Å². The first-order chi connectivity index (χ1) is 10.2. The number of benzene rings is 1. The predicted molar refractivity (Wildman–Crippen MR) is 81.9 cm³/mol. The van der Waals surface area contributed by atoms with Gasteiger partial charge in [-0.05, 0) is 26.0 Å². The Morgan fingerprint density at radius 1 is 1.29 bits per heavy atom. The van der Waals surface area contributed by atoms with Crippen molar-refractivity contribution < 1.29 is 4.74 Å². The Balaban J connectivity index is 2.34. The molecule has 0 aliphatic rings. The number of hydrogen-bond donors (Lipinski definition) is 2. The fourth-order valence-electron chi connectivity index (χ4n) is 1.91. The number of hydrogen-bond acceptors (Lipinski definition) is 6. The van der Waals surface area contributed by atoms with E-state index in [1.165, 1.54) is 6.33 Å². The molecule has 2 aromatic rings. The van der Waals surface area contributed by atoms with Crippen molar-refractivity contribution in [3.8, 4) is 11.8 Å². The predicted octanol–water partition coefficient (Wildman–Crippen LogP) is 2.84. The van der Waals surface area contributed by atoms with E-state index in [2.05, 4.69) is 26.7 Å². The van der Waals surface area contributed by atoms with Gasteiger partial charge in [0.1, 0.15) is 23.7 Å². The van der Waals surface area contributed by atoms with Gasteiger partial charge in [-0.3, -0.25) is 0 Å². The molecule has 1 aromatic heterocycles. The molecule has 2 rings (SSSR count). The molecule has 0 aliphatic heterocycles. The first-order valence-electron chi connectivity index (χ1n) is 6.60. The van der Waals surface area contributed by atoms with E-state index in [1.54, 1.807) is 25.3 Å². The Bertz CT molecular complexity index is 678. The SMILES string of the molecule is CCNc1ncnc(Nc2ccc(C#N)cc2OC)c1C. The molecule has 0 unspecified atom stereocenters. The molecule has 108 valence electrons. The van der Waals surface area contributed by atoms with Crippen LogP contribution in [0.5, 0.6) is 5.75 Å². The van der Waals surface area contributed by atoms with Gasteiger partial charge in [0, 0.05) is 18.2 Å². The van der Waals surface area contributed by atoms with Gasteiger partial charge in [0.2, 0.25) is 0 Å². The van der Waals surface area contributed by atoms with Gasteiger partial charge in [-0.25, -0.2) is 9.97 Å². The van der Waals surface area contributed by atoms with Crippen LogP contribution in [-0.4, -0.2) is 23.6 Å². The van der Waals surface area contributed by atoms with Crippen LogP contribution < -0.4 is 15.4 Å². The number of anilines is 3. The maximum atomic E-state index is 8.92. The van der Waals surface area contributed by atoms with E-state index in [9.17, 15) is 0 Å². The molecule has 2 N–H and O–H groups in total. The average Bonchev–Trinajstić information content (AvgIpc) is 2.51. The van der Waals surface area contributed by atoms with Gasteiger partial charge in [-0.1, -0.05) is 0 Å². The molecule has 0 atom stereocenters. The highest BCUT2D eigenvalue weighted by atomic mass is 16.5. The zero-order chi connectivity index (χ0) is 15.2. The summed E-state index contributed by atoms with van der Waals surface area (Å²) < 4.78 is 5.31. The van der Waals surface area contributed by atoms with Crippen molar-refractivity contribution in [1.82, 2.24) is 9.97 Å². The van der Waals surface area contributed by atoms with Gasteiger partial charge in [-0.2, -0.15) is 5.26 Å². The van der Waals surface area contributed by atoms with Gasteiger partial charge in [0.25, 0.3) is 0 Å². The highest BCUT2D eigenvalue weighted by molar-refractivity contribution is 5.69. The number of ether oxygens (including phenoxy) is 1. The number of methoxy groups -OCH3 is 1. The van der Waals surface area contributed by atoms with Crippen LogP contribution in [0.25, 0.3) is 0 Å². The summed E-state index contributed by atoms with van der Waals surface area (Å²) >= 11 is 0. The molecule has 0 saturated carbocycles. The third kappa shape index (κ3) is 3.20. The summed E-state index contributed by atoms with van der Waals surface area (Å²) in [6, 6.07) is 7.30. The Labute approximate surface area is 123 Å². The van der Waals surface area contributed by atoms with Crippen LogP contribution >= 0.6 is 0 Å². The fraction of sp³-hybridized carbons (Fsp3) is 0.267. The van der Waals surface area contributed by atoms with Crippen LogP contribution in [0.4, 0.5) is 17.3 Å². The third-order valence-electron chi connectivity index (χ3n) is 3.01. The van der Waals surface area contributed by atoms with E-state index in [0.717, 1.165) is 23.6 Å². The van der Waals surface area contributed by atoms with Crippen LogP contribution in [0.15, 0.2) is 24.5 Å². The van der Waals surface area contributed by atoms with Crippen molar-refractivity contribution in [1.29, 1.82) is 5.26 Å². The third-order valence-corrected chi connectivity index (χ3v) is 3.01. The molecule has 6 heteroatoms. The minimum Gasteiger partial charge on any atom is -0.495 e. The van der Waals surface area contributed by atoms with E-state index >= 15 is 0 Å². The first kappa shape index (κ1) is 14.6. The maximum Gasteiger partial charge on any atom is 0.143 e. The lowest BCUT2D eigenvalue weighted by molar-refractivity contribution is 0.416. The Morgan fingerprint density at radius 3 is 2.71 bits per heavy atom. The van der Waals surface area contributed by atoms with E-state index in [0.29, 0.717) is 17.1 Å². The molecule has 0 saturated heterocycles. The molecule has 0 radical (unpaired) electrons. The summed E-state index contributed by atoms with van der Waals surface area (Å²) in [7, 11) is 1.57. The summed E-state index contributed by atoms with van der Waals surface area (Å²) in [6.07, 6.45) is 1.50. The number of rotatable bonds is 5. The lowest BCUT2D eigenvalue weighted by Crippen LogP contribution is -2.06. The smallest absolute Gasteiger partial charge is 0.143 e. The summed E-state index contributed by atoms with van der Waals surface area (Å²) in [5.41, 5.74) is 2.22. The molecular weight excluding hydrogens is 266 g/mol. The van der Waals surface area contributed by atoms with Gasteiger partial charge < -0.3 is 15.4 Å². The zero-order valence-electron chi connectivity index (χ0n) is 12.3. The molecule has 0 aliphatic carbocycles. The first-order valence-corrected chi connectivity index (χ1v) is 6.60. The molecule has 0 spiro atoms. The molecule has 0 amide bonds. The van der Waals surface area contributed by atoms with Crippen LogP contribution in [0.1, 0.15) is 18.1 Å². The van der Waals surface area contributed by atoms with Crippen LogP contribution in [0.3, 0.4) is 0 Å². The molecule has 0 bridgehead atoms. The molecular formula is C15H17N5O. The molecule has 1 heterocycles. The zero-order valence-corrected chi connectivity index (χ0v) is 12.3. The highest BCUT2D eigenvalue weighted by Gasteiger charge is 2.10. The normalized spacial score (nSPS) is 9.81. The quantitative estimate of drug-likeness (QED) is 0.878. The number of nitrogens with zero attached hydrogens (tertiary/aromatic N) is 3. The van der Waals surface area contributed by atoms with Crippen molar-refractivity contribution >= 4 is 17.3 Å². The second-order valence-electron chi connectivity index (χ2n) is 4.38. The van der Waals surface area contributed by atoms with Crippen LogP contribution in [0.2, 0.25) is 0 Å². The van der Waals surface area contributed by atoms with E-state index in [4.69, 9.17) is 10.00 Å². The molecule has 21 heavy (non-hydrogen) atoms. The topological polar surface area (TPSA) is 82.9 Å². The molecule has 0 fully saturated rings. The summed E-state index contributed by atoms with van der Waals surface area (Å²) in [6.45, 7) is 4.74. The second-order valence-corrected chi connectivity index (χ2v) is 4.38. The lowest BCUT2D eigenvalue weighted by Gasteiger charge is -2.14. The summed E-state index contributed by atoms with van der Waals surface area (Å²) in [5, 5.41) is 15.3. The maximum absolute atomic E-state index is 8.92. The second kappa shape index (κ2) is 6.57. The number of nitrogens with one attached hydrogen (secondary N) is 2. The number of nitriles is 1.